The molecule has 9 heterocycles. The maximum absolute atomic E-state index is 16.5. The first-order chi connectivity index (χ1) is 61.5. The number of nitrogens with zero attached hydrogens (tertiary/aromatic N) is 3. The number of carbonyl (C=O) groups is 8. The first kappa shape index (κ1) is 94.0. The molecular weight excluding hydrogens is 1790 g/mol. The molecule has 1 aromatic heterocycles. The molecule has 3 saturated heterocycles. The average Bonchev–Trinajstić information content (AvgIpc) is 1.79. The molecule has 9 unspecified atom stereocenters. The number of nitrogens with one attached hydrogen (secondary N) is 9. The number of nitrogen functional groups attached to an aromatic ring is 1. The van der Waals surface area contributed by atoms with Crippen LogP contribution in [0.2, 0.25) is 20.1 Å². The number of aliphatic hydroxyl groups is 5. The van der Waals surface area contributed by atoms with Gasteiger partial charge in [-0.3, -0.25) is 38.4 Å². The fourth-order valence-corrected chi connectivity index (χ4v) is 17.5. The Morgan fingerprint density at radius 2 is 1.33 bits per heavy atom. The number of hydrogen-bond donors (Lipinski definition) is 19. The Morgan fingerprint density at radius 3 is 1.98 bits per heavy atom. The number of primary amides is 1. The van der Waals surface area contributed by atoms with Gasteiger partial charge in [0, 0.05) is 54.5 Å². The molecule has 686 valence electrons. The summed E-state index contributed by atoms with van der Waals surface area (Å²) < 4.78 is 52.3. The Labute approximate surface area is 760 Å². The van der Waals surface area contributed by atoms with Crippen LogP contribution in [0.4, 0.5) is 5.95 Å². The number of morpholine rings is 1. The molecule has 7 aromatic carbocycles. The van der Waals surface area contributed by atoms with Crippen LogP contribution in [0.3, 0.4) is 0 Å². The molecule has 8 aliphatic rings. The van der Waals surface area contributed by atoms with E-state index in [2.05, 4.69) is 57.7 Å². The number of fused-ring (bicyclic) bond motifs is 15. The molecule has 18 atom stereocenters. The summed E-state index contributed by atoms with van der Waals surface area (Å²) in [4.78, 5) is 126. The second kappa shape index (κ2) is 40.1. The number of phenolic OH excluding ortho intramolecular Hbond substituents is 3. The number of carbonyl (C=O) groups excluding carboxylic acids is 8. The molecular formula is C86H94Cl4N14O24S. The van der Waals surface area contributed by atoms with Crippen molar-refractivity contribution >= 4 is 111 Å². The van der Waals surface area contributed by atoms with Gasteiger partial charge in [0.05, 0.1) is 64.1 Å². The van der Waals surface area contributed by atoms with Crippen molar-refractivity contribution in [2.24, 2.45) is 11.7 Å². The van der Waals surface area contributed by atoms with Crippen LogP contribution in [0, 0.1) is 5.92 Å². The topological polar surface area (TPSA) is 565 Å². The van der Waals surface area contributed by atoms with E-state index >= 15 is 28.8 Å². The zero-order valence-corrected chi connectivity index (χ0v) is 73.4. The third kappa shape index (κ3) is 21.3. The van der Waals surface area contributed by atoms with Crippen LogP contribution in [-0.2, 0) is 70.5 Å². The van der Waals surface area contributed by atoms with Gasteiger partial charge in [0.15, 0.2) is 29.0 Å². The number of hydrogen-bond acceptors (Lipinski definition) is 30. The van der Waals surface area contributed by atoms with Crippen molar-refractivity contribution in [3.63, 3.8) is 0 Å². The van der Waals surface area contributed by atoms with Gasteiger partial charge in [0.1, 0.15) is 102 Å². The van der Waals surface area contributed by atoms with Crippen molar-refractivity contribution in [2.45, 2.75) is 175 Å². The number of thioether (sulfide) groups is 1. The Hall–Kier alpha value is -11.1. The molecule has 0 aliphatic carbocycles. The summed E-state index contributed by atoms with van der Waals surface area (Å²) in [5, 5.41) is 127. The van der Waals surface area contributed by atoms with E-state index in [1.807, 2.05) is 26.0 Å². The van der Waals surface area contributed by atoms with Crippen LogP contribution in [-0.4, -0.2) is 226 Å². The van der Waals surface area contributed by atoms with E-state index in [1.54, 1.807) is 44.2 Å². The fourth-order valence-electron chi connectivity index (χ4n) is 15.9. The van der Waals surface area contributed by atoms with Gasteiger partial charge < -0.3 is 143 Å². The standard InChI is InChI=1S/C86H94Cl4N14O24S/c1-36(2)22-52(93-5)76(114)99-67-69(109)41-10-16-56(50(89)25-41)124-58-27-43-28-59(73(58)128-83-74(72(112)71(111)60(126-83)35-129-85-101-84(92)102-103-85)127-62-32-86(4,75(113)37(3)123-62)94-33-38-6-12-45(13-7-38)122-34-39-8-14-48(87)49(88)23-39)125-57-17-11-42(26-51(57)90)70(110)68-81(119)98-66(82(120)104-18-20-121-21-19-104)47-29-44(105)30-55(107)63(47)46-24-40(9-15-54(46)106)64(78(116)100-68)97-79(117)65(43)96-77(115)53(31-61(91)108)95-80(67)118/h6-17,23-30,36-37,52-53,60,62,64-72,74-75,83,93-94,105-107,109-113H,18-22,31-35H2,1-5H3,(H2,91,108)(H,95,118)(H,96,115)(H,97,117)(H,98,119)(H,99,114)(H,100,116)(H3,92,101,102,103)/t37?,52-,53+,60?,62?,64-,65-,66-,67-,68+,69-,70-,71?,72?,74?,75?,83?,86?/m1/s1. The minimum atomic E-state index is -2.36. The number of anilines is 1. The number of aromatic nitrogens is 3. The normalized spacial score (nSPS) is 26.3. The highest BCUT2D eigenvalue weighted by Crippen LogP contribution is 2.51. The number of H-pyrrole nitrogens is 1. The largest absolute Gasteiger partial charge is 0.508 e. The lowest BCUT2D eigenvalue weighted by molar-refractivity contribution is -0.330. The Balaban J connectivity index is 0.932. The molecule has 3 fully saturated rings. The van der Waals surface area contributed by atoms with E-state index < -0.39 is 214 Å². The summed E-state index contributed by atoms with van der Waals surface area (Å²) in [6, 6.07) is 12.9. The van der Waals surface area contributed by atoms with Crippen molar-refractivity contribution in [1.29, 1.82) is 0 Å². The van der Waals surface area contributed by atoms with Crippen LogP contribution in [0.15, 0.2) is 126 Å². The number of aromatic amines is 1. The maximum Gasteiger partial charge on any atom is 0.249 e. The van der Waals surface area contributed by atoms with Crippen molar-refractivity contribution in [2.75, 3.05) is 44.8 Å². The molecule has 8 aromatic rings. The van der Waals surface area contributed by atoms with E-state index in [9.17, 15) is 50.4 Å². The third-order valence-corrected chi connectivity index (χ3v) is 25.0. The lowest BCUT2D eigenvalue weighted by Gasteiger charge is -2.48. The van der Waals surface area contributed by atoms with Gasteiger partial charge in [-0.1, -0.05) is 108 Å². The summed E-state index contributed by atoms with van der Waals surface area (Å²) in [5.74, 6) is -14.2. The molecule has 0 saturated carbocycles. The van der Waals surface area contributed by atoms with Gasteiger partial charge in [-0.05, 0) is 151 Å². The summed E-state index contributed by atoms with van der Waals surface area (Å²) in [6.07, 6.45) is -18.4. The van der Waals surface area contributed by atoms with Gasteiger partial charge in [-0.15, -0.1) is 10.2 Å². The summed E-state index contributed by atoms with van der Waals surface area (Å²) in [5.41, 5.74) is 9.77. The van der Waals surface area contributed by atoms with E-state index in [0.29, 0.717) is 15.8 Å². The second-order valence-electron chi connectivity index (χ2n) is 32.4. The van der Waals surface area contributed by atoms with Crippen LogP contribution >= 0.6 is 58.2 Å². The van der Waals surface area contributed by atoms with Crippen LogP contribution in [0.1, 0.15) is 116 Å². The second-order valence-corrected chi connectivity index (χ2v) is 35.0. The van der Waals surface area contributed by atoms with Crippen molar-refractivity contribution in [3.8, 4) is 62.9 Å². The number of amides is 8. The van der Waals surface area contributed by atoms with Crippen molar-refractivity contribution in [3.05, 3.63) is 180 Å². The zero-order valence-electron chi connectivity index (χ0n) is 69.5. The number of aliphatic hydroxyl groups excluding tert-OH is 5. The van der Waals surface area contributed by atoms with E-state index in [4.69, 9.17) is 95.8 Å². The molecule has 8 amide bonds. The molecule has 11 bridgehead atoms. The minimum absolute atomic E-state index is 0.0291. The van der Waals surface area contributed by atoms with Gasteiger partial charge in [-0.2, -0.15) is 0 Å². The average molecular weight is 1880 g/mol. The highest BCUT2D eigenvalue weighted by Gasteiger charge is 2.53. The van der Waals surface area contributed by atoms with Crippen LogP contribution in [0.5, 0.6) is 51.7 Å². The Bertz CT molecular complexity index is 5570. The van der Waals surface area contributed by atoms with Crippen LogP contribution < -0.4 is 72.9 Å². The predicted octanol–water partition coefficient (Wildman–Crippen LogP) is 5.10. The van der Waals surface area contributed by atoms with Crippen molar-refractivity contribution in [1.82, 2.24) is 62.6 Å². The fraction of sp³-hybridized carbons (Fsp3) is 0.395. The lowest BCUT2D eigenvalue weighted by atomic mass is 9.84. The minimum Gasteiger partial charge on any atom is -0.508 e. The van der Waals surface area contributed by atoms with Crippen molar-refractivity contribution < 1.29 is 117 Å². The van der Waals surface area contributed by atoms with E-state index in [0.717, 1.165) is 77.5 Å². The third-order valence-electron chi connectivity index (χ3n) is 22.8. The molecule has 0 spiro atoms. The highest BCUT2D eigenvalue weighted by molar-refractivity contribution is 7.99. The monoisotopic (exact) mass is 1880 g/mol. The van der Waals surface area contributed by atoms with Crippen LogP contribution in [0.25, 0.3) is 11.1 Å². The predicted molar refractivity (Wildman–Crippen MR) is 463 cm³/mol. The SMILES string of the molecule is CN[C@H](CC(C)C)C(=O)N[C@H]1C(=O)N[C@@H](CC(N)=O)C(=O)N[C@H]2C(=O)N[C@H]3C(=O)N[C@H](C(=O)N[C@@H](C(=O)N4CCOCC4)c4cc(O)cc(O)c4-c4cc3ccc4O)[C@H](O)c3ccc(c(Cl)c3)Oc3cc2cc(c3OC2OC(CSc3nnc(N)[nH]3)C(O)C(O)C2OC2CC(C)(NCc3ccc(OCc4ccc(Cl)c(Cl)c4)cc3)C(O)C(C)O2)Oc2ccc(cc2Cl)[C@H]1O. The quantitative estimate of drug-likeness (QED) is 0.0416. The van der Waals surface area contributed by atoms with Gasteiger partial charge in [-0.25, -0.2) is 0 Å². The summed E-state index contributed by atoms with van der Waals surface area (Å²) in [7, 11) is 1.49. The lowest BCUT2D eigenvalue weighted by Crippen LogP contribution is -2.65. The maximum atomic E-state index is 16.5. The summed E-state index contributed by atoms with van der Waals surface area (Å²) in [6.45, 7) is 7.32. The molecule has 38 nitrogen and oxygen atoms in total. The zero-order chi connectivity index (χ0) is 92.3. The Kier molecular flexibility index (Phi) is 29.2. The number of phenols is 3. The molecule has 16 rings (SSSR count). The molecule has 43 heteroatoms. The summed E-state index contributed by atoms with van der Waals surface area (Å²) >= 11 is 27.9. The van der Waals surface area contributed by atoms with Gasteiger partial charge >= 0.3 is 0 Å². The smallest absolute Gasteiger partial charge is 0.249 e. The first-order valence-corrected chi connectivity index (χ1v) is 43.4. The molecule has 21 N–H and O–H groups in total. The number of halogens is 4. The van der Waals surface area contributed by atoms with E-state index in [-0.39, 0.29) is 119 Å². The first-order valence-electron chi connectivity index (χ1n) is 40.9. The molecule has 0 radical (unpaired) electrons. The number of ether oxygens (including phenoxy) is 8. The number of likely N-dealkylation sites (N-methyl/N-ethyl adjacent to an activating group) is 1. The van der Waals surface area contributed by atoms with Gasteiger partial charge in [0.2, 0.25) is 65.2 Å². The molecule has 129 heavy (non-hydrogen) atoms. The van der Waals surface area contributed by atoms with Gasteiger partial charge in [0.25, 0.3) is 0 Å². The Morgan fingerprint density at radius 1 is 0.682 bits per heavy atom. The molecule has 8 aliphatic heterocycles. The van der Waals surface area contributed by atoms with E-state index in [1.165, 1.54) is 36.2 Å². The number of aromatic hydroxyl groups is 3. The number of benzene rings is 7. The number of rotatable bonds is 21. The number of nitrogens with two attached hydrogens (primary N) is 2. The highest BCUT2D eigenvalue weighted by atomic mass is 35.5.